The van der Waals surface area contributed by atoms with Crippen molar-refractivity contribution in [3.05, 3.63) is 0 Å². The second-order valence-corrected chi connectivity index (χ2v) is 9.91. The van der Waals surface area contributed by atoms with Gasteiger partial charge in [-0.2, -0.15) is 5.26 Å². The zero-order valence-corrected chi connectivity index (χ0v) is 10.7. The largest absolute Gasteiger partial charge is 0.325 e. The number of nitrogens with zero attached hydrogens (tertiary/aromatic N) is 1. The molecule has 0 aliphatic heterocycles. The van der Waals surface area contributed by atoms with E-state index < -0.39 is 8.24 Å². The first-order valence-electron chi connectivity index (χ1n) is 4.87. The van der Waals surface area contributed by atoms with E-state index in [1.807, 2.05) is 0 Å². The Hall–Kier alpha value is -0.333. The average molecular weight is 198 g/mol. The minimum atomic E-state index is -1.49. The molecule has 0 spiro atoms. The highest BCUT2D eigenvalue weighted by Gasteiger charge is 2.41. The summed E-state index contributed by atoms with van der Waals surface area (Å²) in [6, 6.07) is 2.16. The van der Waals surface area contributed by atoms with Crippen LogP contribution in [-0.4, -0.2) is 14.8 Å². The average Bonchev–Trinajstić information content (AvgIpc) is 2.00. The van der Waals surface area contributed by atoms with E-state index in [4.69, 9.17) is 5.26 Å². The van der Waals surface area contributed by atoms with Gasteiger partial charge >= 0.3 is 0 Å². The monoisotopic (exact) mass is 198 g/mol. The van der Waals surface area contributed by atoms with Gasteiger partial charge in [-0.3, -0.25) is 0 Å². The third-order valence-corrected chi connectivity index (χ3v) is 8.52. The molecule has 2 nitrogen and oxygen atoms in total. The molecule has 0 bridgehead atoms. The summed E-state index contributed by atoms with van der Waals surface area (Å²) >= 11 is 0. The maximum Gasteiger partial charge on any atom is 0.126 e. The van der Waals surface area contributed by atoms with Crippen molar-refractivity contribution in [3.8, 4) is 6.07 Å². The van der Waals surface area contributed by atoms with E-state index in [0.717, 1.165) is 0 Å². The lowest BCUT2D eigenvalue weighted by Gasteiger charge is -2.43. The third kappa shape index (κ3) is 2.82. The van der Waals surface area contributed by atoms with Crippen LogP contribution in [-0.2, 0) is 0 Å². The molecule has 0 unspecified atom stereocenters. The molecule has 0 atom stereocenters. The highest BCUT2D eigenvalue weighted by Crippen LogP contribution is 2.42. The van der Waals surface area contributed by atoms with E-state index in [9.17, 15) is 0 Å². The molecule has 0 aliphatic rings. The molecule has 0 aromatic heterocycles. The zero-order chi connectivity index (χ0) is 10.7. The van der Waals surface area contributed by atoms with E-state index >= 15 is 0 Å². The fraction of sp³-hybridized carbons (Fsp3) is 0.900. The second kappa shape index (κ2) is 4.25. The van der Waals surface area contributed by atoms with Crippen molar-refractivity contribution in [1.29, 1.82) is 5.26 Å². The topological polar surface area (TPSA) is 35.8 Å². The first-order valence-corrected chi connectivity index (χ1v) is 7.87. The van der Waals surface area contributed by atoms with Crippen molar-refractivity contribution in [3.63, 3.8) is 0 Å². The van der Waals surface area contributed by atoms with Crippen LogP contribution in [0.4, 0.5) is 0 Å². The van der Waals surface area contributed by atoms with Crippen LogP contribution < -0.4 is 4.98 Å². The molecule has 0 radical (unpaired) electrons. The van der Waals surface area contributed by atoms with Gasteiger partial charge < -0.3 is 4.98 Å². The van der Waals surface area contributed by atoms with Crippen LogP contribution in [0.25, 0.3) is 0 Å². The number of nitrogens with one attached hydrogen (secondary N) is 1. The van der Waals surface area contributed by atoms with Gasteiger partial charge in [-0.25, -0.2) is 0 Å². The van der Waals surface area contributed by atoms with Gasteiger partial charge in [0.2, 0.25) is 0 Å². The lowest BCUT2D eigenvalue weighted by atomic mass is 9.99. The van der Waals surface area contributed by atoms with Crippen LogP contribution in [0, 0.1) is 17.2 Å². The molecule has 0 aromatic carbocycles. The summed E-state index contributed by atoms with van der Waals surface area (Å²) in [4.78, 5) is 3.41. The highest BCUT2D eigenvalue weighted by molar-refractivity contribution is 6.78. The van der Waals surface area contributed by atoms with Crippen LogP contribution in [0.5, 0.6) is 0 Å². The Morgan fingerprint density at radius 3 is 2.15 bits per heavy atom. The van der Waals surface area contributed by atoms with Gasteiger partial charge in [0.25, 0.3) is 0 Å². The van der Waals surface area contributed by atoms with Crippen molar-refractivity contribution in [2.45, 2.75) is 45.8 Å². The van der Waals surface area contributed by atoms with Gasteiger partial charge in [0.15, 0.2) is 0 Å². The fourth-order valence-corrected chi connectivity index (χ4v) is 3.63. The summed E-state index contributed by atoms with van der Waals surface area (Å²) in [6.45, 7) is 14.2. The Morgan fingerprint density at radius 1 is 1.38 bits per heavy atom. The minimum absolute atomic E-state index is 0.323. The van der Waals surface area contributed by atoms with Crippen LogP contribution >= 0.6 is 0 Å². The quantitative estimate of drug-likeness (QED) is 0.557. The van der Waals surface area contributed by atoms with Crippen molar-refractivity contribution in [2.24, 2.45) is 5.92 Å². The molecule has 0 rings (SSSR count). The molecular formula is C10H22N2Si. The maximum absolute atomic E-state index is 8.54. The maximum atomic E-state index is 8.54. The molecule has 1 N–H and O–H groups in total. The molecule has 0 aliphatic carbocycles. The van der Waals surface area contributed by atoms with E-state index in [1.54, 1.807) is 0 Å². The van der Waals surface area contributed by atoms with Gasteiger partial charge in [0, 0.05) is 0 Å². The first kappa shape index (κ1) is 12.7. The summed E-state index contributed by atoms with van der Waals surface area (Å²) in [5, 5.41) is 8.87. The van der Waals surface area contributed by atoms with Crippen molar-refractivity contribution in [2.75, 3.05) is 6.54 Å². The van der Waals surface area contributed by atoms with E-state index in [1.165, 1.54) is 0 Å². The van der Waals surface area contributed by atoms with E-state index in [-0.39, 0.29) is 0 Å². The Kier molecular flexibility index (Phi) is 4.14. The summed E-state index contributed by atoms with van der Waals surface area (Å²) < 4.78 is 0. The fourth-order valence-electron chi connectivity index (χ4n) is 1.21. The SMILES string of the molecule is CC(C)C(C)(C)[Si](C)(C)NCC#N. The minimum Gasteiger partial charge on any atom is -0.325 e. The predicted molar refractivity (Wildman–Crippen MR) is 60.0 cm³/mol. The smallest absolute Gasteiger partial charge is 0.126 e. The first-order chi connectivity index (χ1) is 5.75. The molecule has 0 saturated carbocycles. The molecule has 3 heteroatoms. The van der Waals surface area contributed by atoms with Gasteiger partial charge in [-0.1, -0.05) is 40.8 Å². The molecule has 76 valence electrons. The molecule has 0 aromatic rings. The Labute approximate surface area is 83.4 Å². The van der Waals surface area contributed by atoms with Gasteiger partial charge in [0.1, 0.15) is 8.24 Å². The van der Waals surface area contributed by atoms with Gasteiger partial charge in [-0.05, 0) is 11.0 Å². The number of nitriles is 1. The van der Waals surface area contributed by atoms with Crippen LogP contribution in [0.3, 0.4) is 0 Å². The lowest BCUT2D eigenvalue weighted by Crippen LogP contribution is -2.55. The molecule has 0 amide bonds. The summed E-state index contributed by atoms with van der Waals surface area (Å²) in [5.74, 6) is 0.653. The van der Waals surface area contributed by atoms with Crippen LogP contribution in [0.15, 0.2) is 0 Å². The number of rotatable bonds is 4. The highest BCUT2D eigenvalue weighted by atomic mass is 28.3. The van der Waals surface area contributed by atoms with E-state index in [0.29, 0.717) is 17.5 Å². The summed E-state index contributed by atoms with van der Waals surface area (Å²) in [7, 11) is -1.49. The van der Waals surface area contributed by atoms with Gasteiger partial charge in [0.05, 0.1) is 12.6 Å². The van der Waals surface area contributed by atoms with Crippen molar-refractivity contribution < 1.29 is 0 Å². The van der Waals surface area contributed by atoms with Crippen molar-refractivity contribution >= 4 is 8.24 Å². The predicted octanol–water partition coefficient (Wildman–Crippen LogP) is 2.74. The van der Waals surface area contributed by atoms with E-state index in [2.05, 4.69) is 51.8 Å². The normalized spacial score (nSPS) is 13.1. The Balaban J connectivity index is 4.52. The second-order valence-electron chi connectivity index (χ2n) is 5.01. The standard InChI is InChI=1S/C10H22N2Si/c1-9(2)10(3,4)13(5,6)12-8-7-11/h9,12H,8H2,1-6H3. The van der Waals surface area contributed by atoms with Gasteiger partial charge in [-0.15, -0.1) is 0 Å². The Morgan fingerprint density at radius 2 is 1.85 bits per heavy atom. The summed E-state index contributed by atoms with van der Waals surface area (Å²) in [6.07, 6.45) is 0. The third-order valence-electron chi connectivity index (χ3n) is 3.66. The molecule has 13 heavy (non-hydrogen) atoms. The van der Waals surface area contributed by atoms with Crippen molar-refractivity contribution in [1.82, 2.24) is 4.98 Å². The Bertz CT molecular complexity index is 201. The molecule has 0 saturated heterocycles. The molecule has 0 heterocycles. The number of hydrogen-bond acceptors (Lipinski definition) is 2. The summed E-state index contributed by atoms with van der Waals surface area (Å²) in [5.41, 5.74) is 0. The van der Waals surface area contributed by atoms with Crippen LogP contribution in [0.2, 0.25) is 18.1 Å². The zero-order valence-electron chi connectivity index (χ0n) is 9.73. The lowest BCUT2D eigenvalue weighted by molar-refractivity contribution is 0.451. The molecule has 0 fully saturated rings. The van der Waals surface area contributed by atoms with Crippen LogP contribution in [0.1, 0.15) is 27.7 Å². The number of hydrogen-bond donors (Lipinski definition) is 1. The molecular weight excluding hydrogens is 176 g/mol.